The van der Waals surface area contributed by atoms with Crippen LogP contribution in [0.2, 0.25) is 0 Å². The van der Waals surface area contributed by atoms with Gasteiger partial charge in [-0.15, -0.1) is 11.3 Å². The highest BCUT2D eigenvalue weighted by Gasteiger charge is 2.22. The largest absolute Gasteiger partial charge is 0.392 e. The molecule has 3 aromatic rings. The molecular formula is C18H16N4O3S. The van der Waals surface area contributed by atoms with E-state index in [1.165, 1.54) is 6.92 Å². The molecule has 0 unspecified atom stereocenters. The number of hydrogen-bond acceptors (Lipinski definition) is 7. The Bertz CT molecular complexity index is 1030. The maximum absolute atomic E-state index is 12.7. The van der Waals surface area contributed by atoms with Gasteiger partial charge in [-0.2, -0.15) is 5.11 Å². The fourth-order valence-electron chi connectivity index (χ4n) is 2.66. The Morgan fingerprint density at radius 1 is 1.31 bits per heavy atom. The number of aliphatic hydroxyl groups is 1. The first-order valence-corrected chi connectivity index (χ1v) is 8.60. The van der Waals surface area contributed by atoms with Crippen molar-refractivity contribution in [2.75, 3.05) is 5.32 Å². The molecule has 0 bridgehead atoms. The lowest BCUT2D eigenvalue weighted by Gasteiger charge is -2.05. The molecule has 3 N–H and O–H groups in total. The van der Waals surface area contributed by atoms with Gasteiger partial charge in [-0.25, -0.2) is 10.5 Å². The molecule has 0 fully saturated rings. The van der Waals surface area contributed by atoms with Crippen LogP contribution in [0.4, 0.5) is 11.4 Å². The maximum Gasteiger partial charge on any atom is 0.268 e. The molecular weight excluding hydrogens is 352 g/mol. The molecule has 26 heavy (non-hydrogen) atoms. The van der Waals surface area contributed by atoms with E-state index in [0.717, 1.165) is 11.3 Å². The molecule has 0 radical (unpaired) electrons. The summed E-state index contributed by atoms with van der Waals surface area (Å²) in [7, 11) is 0. The lowest BCUT2D eigenvalue weighted by Crippen LogP contribution is -2.10. The Balaban J connectivity index is 2.00. The first kappa shape index (κ1) is 17.8. The highest BCUT2D eigenvalue weighted by Crippen LogP contribution is 2.39. The summed E-state index contributed by atoms with van der Waals surface area (Å²) in [5.74, 6) is -0.475. The van der Waals surface area contributed by atoms with Crippen LogP contribution in [0.25, 0.3) is 10.2 Å². The van der Waals surface area contributed by atoms with Gasteiger partial charge in [-0.3, -0.25) is 9.59 Å². The Labute approximate surface area is 153 Å². The van der Waals surface area contributed by atoms with E-state index in [1.54, 1.807) is 37.3 Å². The number of aliphatic hydroxyl groups excluding tert-OH is 1. The zero-order valence-corrected chi connectivity index (χ0v) is 15.0. The van der Waals surface area contributed by atoms with Gasteiger partial charge < -0.3 is 10.4 Å². The first-order valence-electron chi connectivity index (χ1n) is 7.78. The van der Waals surface area contributed by atoms with Crippen LogP contribution >= 0.6 is 11.3 Å². The molecule has 7 nitrogen and oxygen atoms in total. The van der Waals surface area contributed by atoms with Gasteiger partial charge in [-0.1, -0.05) is 0 Å². The summed E-state index contributed by atoms with van der Waals surface area (Å²) in [6.45, 7) is 3.04. The van der Waals surface area contributed by atoms with E-state index in [-0.39, 0.29) is 23.0 Å². The number of anilines is 1. The van der Waals surface area contributed by atoms with E-state index in [9.17, 15) is 14.7 Å². The standard InChI is InChI=1S/C18H16N4O3S/c1-9-7-12(8-23)14-15(22-19)16(26-18(14)20-9)17(25)21-13-5-3-11(4-6-13)10(2)24/h3-7,19,23H,8H2,1-2H3,(H,21,25). The molecule has 2 heterocycles. The fourth-order valence-corrected chi connectivity index (χ4v) is 3.76. The number of amides is 1. The summed E-state index contributed by atoms with van der Waals surface area (Å²) >= 11 is 1.13. The third kappa shape index (κ3) is 3.24. The number of hydrogen-bond donors (Lipinski definition) is 3. The van der Waals surface area contributed by atoms with E-state index in [0.29, 0.717) is 32.7 Å². The molecule has 0 aliphatic rings. The number of aromatic nitrogens is 1. The lowest BCUT2D eigenvalue weighted by atomic mass is 10.1. The monoisotopic (exact) mass is 368 g/mol. The number of nitrogens with zero attached hydrogens (tertiary/aromatic N) is 2. The molecule has 0 aliphatic carbocycles. The zero-order valence-electron chi connectivity index (χ0n) is 14.2. The summed E-state index contributed by atoms with van der Waals surface area (Å²) in [6.07, 6.45) is 0. The molecule has 3 rings (SSSR count). The minimum absolute atomic E-state index is 0.0550. The third-order valence-electron chi connectivity index (χ3n) is 3.88. The number of carbonyl (C=O) groups is 2. The first-order chi connectivity index (χ1) is 12.4. The zero-order chi connectivity index (χ0) is 18.8. The number of benzene rings is 1. The van der Waals surface area contributed by atoms with Crippen molar-refractivity contribution in [2.45, 2.75) is 20.5 Å². The highest BCUT2D eigenvalue weighted by atomic mass is 32.1. The van der Waals surface area contributed by atoms with Gasteiger partial charge in [0.2, 0.25) is 0 Å². The van der Waals surface area contributed by atoms with Crippen LogP contribution in [-0.4, -0.2) is 21.8 Å². The Hall–Kier alpha value is -2.97. The number of pyridine rings is 1. The second kappa shape index (κ2) is 7.11. The Morgan fingerprint density at radius 2 is 2.00 bits per heavy atom. The Morgan fingerprint density at radius 3 is 2.58 bits per heavy atom. The minimum Gasteiger partial charge on any atom is -0.392 e. The summed E-state index contributed by atoms with van der Waals surface area (Å²) in [6, 6.07) is 8.26. The molecule has 1 aromatic carbocycles. The van der Waals surface area contributed by atoms with Crippen LogP contribution in [0.1, 0.15) is 38.2 Å². The molecule has 132 valence electrons. The van der Waals surface area contributed by atoms with Crippen LogP contribution < -0.4 is 5.32 Å². The van der Waals surface area contributed by atoms with E-state index in [4.69, 9.17) is 5.53 Å². The quantitative estimate of drug-likeness (QED) is 0.462. The second-order valence-electron chi connectivity index (χ2n) is 5.74. The molecule has 0 saturated carbocycles. The average molecular weight is 368 g/mol. The van der Waals surface area contributed by atoms with Crippen molar-refractivity contribution < 1.29 is 14.7 Å². The maximum atomic E-state index is 12.7. The number of aryl methyl sites for hydroxylation is 1. The number of rotatable bonds is 5. The van der Waals surface area contributed by atoms with Crippen LogP contribution in [0, 0.1) is 12.5 Å². The molecule has 8 heteroatoms. The normalized spacial score (nSPS) is 10.7. The topological polar surface area (TPSA) is 116 Å². The van der Waals surface area contributed by atoms with Crippen molar-refractivity contribution >= 4 is 44.6 Å². The highest BCUT2D eigenvalue weighted by molar-refractivity contribution is 7.21. The van der Waals surface area contributed by atoms with Crippen molar-refractivity contribution in [3.05, 3.63) is 52.0 Å². The summed E-state index contributed by atoms with van der Waals surface area (Å²) < 4.78 is 0. The molecule has 2 aromatic heterocycles. The predicted octanol–water partition coefficient (Wildman–Crippen LogP) is 4.21. The van der Waals surface area contributed by atoms with Crippen LogP contribution in [0.5, 0.6) is 0 Å². The van der Waals surface area contributed by atoms with Gasteiger partial charge in [0.05, 0.1) is 6.61 Å². The van der Waals surface area contributed by atoms with Gasteiger partial charge in [0.1, 0.15) is 15.4 Å². The van der Waals surface area contributed by atoms with Crippen molar-refractivity contribution in [3.8, 4) is 0 Å². The van der Waals surface area contributed by atoms with Crippen molar-refractivity contribution in [3.63, 3.8) is 0 Å². The lowest BCUT2D eigenvalue weighted by molar-refractivity contribution is 0.101. The van der Waals surface area contributed by atoms with Crippen molar-refractivity contribution in [1.82, 2.24) is 4.98 Å². The van der Waals surface area contributed by atoms with Crippen LogP contribution in [0.15, 0.2) is 35.4 Å². The predicted molar refractivity (Wildman–Crippen MR) is 99.5 cm³/mol. The molecule has 0 aliphatic heterocycles. The SMILES string of the molecule is CC(=O)c1ccc(NC(=O)c2sc3nc(C)cc(CO)c3c2N=N)cc1. The summed E-state index contributed by atoms with van der Waals surface area (Å²) in [4.78, 5) is 29.2. The fraction of sp³-hybridized carbons (Fsp3) is 0.167. The van der Waals surface area contributed by atoms with Gasteiger partial charge >= 0.3 is 0 Å². The summed E-state index contributed by atoms with van der Waals surface area (Å²) in [5, 5.41) is 16.3. The van der Waals surface area contributed by atoms with Gasteiger partial charge in [0.25, 0.3) is 5.91 Å². The number of thiophene rings is 1. The molecule has 0 spiro atoms. The number of fused-ring (bicyclic) bond motifs is 1. The molecule has 1 amide bonds. The average Bonchev–Trinajstić information content (AvgIpc) is 2.99. The number of nitrogens with one attached hydrogen (secondary N) is 2. The van der Waals surface area contributed by atoms with E-state index < -0.39 is 5.91 Å². The van der Waals surface area contributed by atoms with Crippen LogP contribution in [0.3, 0.4) is 0 Å². The smallest absolute Gasteiger partial charge is 0.268 e. The number of Topliss-reactive ketones (excluding diaryl/α,β-unsaturated/α-hetero) is 1. The van der Waals surface area contributed by atoms with Gasteiger partial charge in [-0.05, 0) is 49.7 Å². The molecule has 0 saturated heterocycles. The van der Waals surface area contributed by atoms with E-state index in [2.05, 4.69) is 15.4 Å². The van der Waals surface area contributed by atoms with Crippen molar-refractivity contribution in [1.29, 1.82) is 5.53 Å². The van der Waals surface area contributed by atoms with Gasteiger partial charge in [0.15, 0.2) is 5.78 Å². The van der Waals surface area contributed by atoms with E-state index in [1.807, 2.05) is 0 Å². The second-order valence-corrected chi connectivity index (χ2v) is 6.74. The number of ketones is 1. The van der Waals surface area contributed by atoms with Gasteiger partial charge in [0, 0.05) is 22.3 Å². The minimum atomic E-state index is -0.420. The Kier molecular flexibility index (Phi) is 4.88. The van der Waals surface area contributed by atoms with Crippen LogP contribution in [-0.2, 0) is 6.61 Å². The summed E-state index contributed by atoms with van der Waals surface area (Å²) in [5.41, 5.74) is 10.0. The molecule has 0 atom stereocenters. The van der Waals surface area contributed by atoms with E-state index >= 15 is 0 Å². The van der Waals surface area contributed by atoms with Crippen molar-refractivity contribution in [2.24, 2.45) is 5.11 Å². The number of carbonyl (C=O) groups excluding carboxylic acids is 2. The third-order valence-corrected chi connectivity index (χ3v) is 4.96.